The Balaban J connectivity index is 1.54. The first-order chi connectivity index (χ1) is 12.7. The van der Waals surface area contributed by atoms with Gasteiger partial charge in [0.05, 0.1) is 11.6 Å². The summed E-state index contributed by atoms with van der Waals surface area (Å²) >= 11 is 0. The van der Waals surface area contributed by atoms with Crippen LogP contribution in [0.4, 0.5) is 0 Å². The number of hydrogen-bond donors (Lipinski definition) is 1. The fourth-order valence-electron chi connectivity index (χ4n) is 3.20. The van der Waals surface area contributed by atoms with Crippen molar-refractivity contribution >= 4 is 5.91 Å². The first kappa shape index (κ1) is 16.1. The first-order valence-electron chi connectivity index (χ1n) is 8.51. The van der Waals surface area contributed by atoms with Gasteiger partial charge in [-0.2, -0.15) is 10.5 Å². The van der Waals surface area contributed by atoms with Gasteiger partial charge in [-0.1, -0.05) is 6.07 Å². The molecule has 1 aliphatic heterocycles. The van der Waals surface area contributed by atoms with E-state index in [-0.39, 0.29) is 17.8 Å². The smallest absolute Gasteiger partial charge is 0.309 e. The average molecular weight is 348 g/mol. The molecule has 2 aliphatic rings. The van der Waals surface area contributed by atoms with Gasteiger partial charge in [0, 0.05) is 24.7 Å². The molecule has 4 rings (SSSR count). The standard InChI is InChI=1S/C18H16N6O2/c19-8-11-1-4-14(12-2-3-12)15(7-11)17-22-23-18(26-17)16(25)21-13-5-6-24(9-13)10-20/h1,4,7,12-13H,2-3,5-6,9H2,(H,21,25). The monoisotopic (exact) mass is 348 g/mol. The highest BCUT2D eigenvalue weighted by atomic mass is 16.4. The third-order valence-corrected chi connectivity index (χ3v) is 4.71. The second kappa shape index (κ2) is 6.49. The maximum atomic E-state index is 12.3. The molecule has 2 fully saturated rings. The molecule has 1 N–H and O–H groups in total. The zero-order chi connectivity index (χ0) is 18.1. The van der Waals surface area contributed by atoms with Crippen LogP contribution < -0.4 is 5.32 Å². The number of carbonyl (C=O) groups excluding carboxylic acids is 1. The molecule has 2 aromatic rings. The molecule has 0 radical (unpaired) electrons. The van der Waals surface area contributed by atoms with Crippen molar-refractivity contribution in [3.05, 3.63) is 35.2 Å². The molecule has 1 atom stereocenters. The van der Waals surface area contributed by atoms with Crippen LogP contribution in [0.5, 0.6) is 0 Å². The lowest BCUT2D eigenvalue weighted by Crippen LogP contribution is -2.36. The largest absolute Gasteiger partial charge is 0.412 e. The fraction of sp³-hybridized carbons (Fsp3) is 0.389. The van der Waals surface area contributed by atoms with Gasteiger partial charge in [-0.25, -0.2) is 0 Å². The summed E-state index contributed by atoms with van der Waals surface area (Å²) in [5, 5.41) is 28.7. The van der Waals surface area contributed by atoms with Crippen LogP contribution in [-0.2, 0) is 0 Å². The minimum absolute atomic E-state index is 0.110. The van der Waals surface area contributed by atoms with E-state index in [1.807, 2.05) is 6.07 Å². The molecule has 1 aliphatic carbocycles. The summed E-state index contributed by atoms with van der Waals surface area (Å²) in [5.74, 6) is 0.133. The lowest BCUT2D eigenvalue weighted by atomic mass is 10.0. The Bertz CT molecular complexity index is 934. The number of nitrogens with zero attached hydrogens (tertiary/aromatic N) is 5. The van der Waals surface area contributed by atoms with E-state index in [0.29, 0.717) is 31.0 Å². The van der Waals surface area contributed by atoms with E-state index in [4.69, 9.17) is 14.9 Å². The summed E-state index contributed by atoms with van der Waals surface area (Å²) in [7, 11) is 0. The van der Waals surface area contributed by atoms with Crippen LogP contribution >= 0.6 is 0 Å². The molecule has 8 heteroatoms. The molecule has 26 heavy (non-hydrogen) atoms. The highest BCUT2D eigenvalue weighted by molar-refractivity contribution is 5.90. The van der Waals surface area contributed by atoms with Gasteiger partial charge in [0.1, 0.15) is 0 Å². The molecular formula is C18H16N6O2. The topological polar surface area (TPSA) is 119 Å². The van der Waals surface area contributed by atoms with E-state index in [2.05, 4.69) is 27.8 Å². The third kappa shape index (κ3) is 3.09. The van der Waals surface area contributed by atoms with Crippen molar-refractivity contribution in [3.8, 4) is 23.7 Å². The summed E-state index contributed by atoms with van der Waals surface area (Å²) in [4.78, 5) is 13.9. The van der Waals surface area contributed by atoms with Crippen molar-refractivity contribution in [2.45, 2.75) is 31.2 Å². The fourth-order valence-corrected chi connectivity index (χ4v) is 3.20. The van der Waals surface area contributed by atoms with E-state index in [9.17, 15) is 4.79 Å². The van der Waals surface area contributed by atoms with E-state index >= 15 is 0 Å². The molecule has 1 unspecified atom stereocenters. The van der Waals surface area contributed by atoms with Crippen LogP contribution in [0.15, 0.2) is 22.6 Å². The van der Waals surface area contributed by atoms with Crippen molar-refractivity contribution in [3.63, 3.8) is 0 Å². The number of nitrogens with one attached hydrogen (secondary N) is 1. The predicted octanol–water partition coefficient (Wildman–Crippen LogP) is 1.77. The highest BCUT2D eigenvalue weighted by Crippen LogP contribution is 2.44. The van der Waals surface area contributed by atoms with Gasteiger partial charge in [0.2, 0.25) is 5.89 Å². The van der Waals surface area contributed by atoms with Crippen LogP contribution in [-0.4, -0.2) is 40.1 Å². The number of nitriles is 2. The first-order valence-corrected chi connectivity index (χ1v) is 8.51. The summed E-state index contributed by atoms with van der Waals surface area (Å²) in [6.45, 7) is 1.11. The van der Waals surface area contributed by atoms with Crippen molar-refractivity contribution in [2.24, 2.45) is 0 Å². The second-order valence-corrected chi connectivity index (χ2v) is 6.61. The summed E-state index contributed by atoms with van der Waals surface area (Å²) < 4.78 is 5.59. The van der Waals surface area contributed by atoms with Crippen LogP contribution in [0.3, 0.4) is 0 Å². The molecule has 1 aromatic heterocycles. The molecule has 2 heterocycles. The van der Waals surface area contributed by atoms with E-state index in [1.165, 1.54) is 0 Å². The van der Waals surface area contributed by atoms with Crippen LogP contribution in [0.2, 0.25) is 0 Å². The van der Waals surface area contributed by atoms with Gasteiger partial charge >= 0.3 is 11.8 Å². The van der Waals surface area contributed by atoms with Gasteiger partial charge in [0.25, 0.3) is 0 Å². The summed E-state index contributed by atoms with van der Waals surface area (Å²) in [6.07, 6.45) is 4.96. The van der Waals surface area contributed by atoms with Gasteiger partial charge in [-0.15, -0.1) is 10.2 Å². The third-order valence-electron chi connectivity index (χ3n) is 4.71. The highest BCUT2D eigenvalue weighted by Gasteiger charge is 2.29. The van der Waals surface area contributed by atoms with Gasteiger partial charge in [-0.3, -0.25) is 4.79 Å². The Morgan fingerprint density at radius 3 is 2.81 bits per heavy atom. The number of carbonyl (C=O) groups is 1. The lowest BCUT2D eigenvalue weighted by molar-refractivity contribution is 0.0904. The van der Waals surface area contributed by atoms with E-state index < -0.39 is 5.91 Å². The Hall–Kier alpha value is -3.39. The Labute approximate surface area is 150 Å². The van der Waals surface area contributed by atoms with Crippen molar-refractivity contribution in [1.82, 2.24) is 20.4 Å². The van der Waals surface area contributed by atoms with Crippen molar-refractivity contribution in [1.29, 1.82) is 10.5 Å². The van der Waals surface area contributed by atoms with Gasteiger partial charge in [-0.05, 0) is 42.9 Å². The zero-order valence-electron chi connectivity index (χ0n) is 14.0. The number of aromatic nitrogens is 2. The number of amides is 1. The minimum Gasteiger partial charge on any atom is -0.412 e. The van der Waals surface area contributed by atoms with Crippen LogP contribution in [0.1, 0.15) is 47.0 Å². The zero-order valence-corrected chi connectivity index (χ0v) is 14.0. The van der Waals surface area contributed by atoms with Crippen LogP contribution in [0.25, 0.3) is 11.5 Å². The Morgan fingerprint density at radius 1 is 1.27 bits per heavy atom. The van der Waals surface area contributed by atoms with Crippen molar-refractivity contribution in [2.75, 3.05) is 13.1 Å². The van der Waals surface area contributed by atoms with E-state index in [1.54, 1.807) is 17.0 Å². The van der Waals surface area contributed by atoms with Gasteiger partial charge < -0.3 is 14.6 Å². The maximum absolute atomic E-state index is 12.3. The number of benzene rings is 1. The molecule has 1 saturated carbocycles. The van der Waals surface area contributed by atoms with Crippen molar-refractivity contribution < 1.29 is 9.21 Å². The van der Waals surface area contributed by atoms with E-state index in [0.717, 1.165) is 24.0 Å². The molecule has 1 aromatic carbocycles. The predicted molar refractivity (Wildman–Crippen MR) is 89.5 cm³/mol. The number of hydrogen-bond acceptors (Lipinski definition) is 7. The molecule has 0 spiro atoms. The Kier molecular flexibility index (Phi) is 4.02. The number of likely N-dealkylation sites (tertiary alicyclic amines) is 1. The SMILES string of the molecule is N#Cc1ccc(C2CC2)c(-c2nnc(C(=O)NC3CCN(C#N)C3)o2)c1. The van der Waals surface area contributed by atoms with Crippen LogP contribution in [0, 0.1) is 22.8 Å². The maximum Gasteiger partial charge on any atom is 0.309 e. The summed E-state index contributed by atoms with van der Waals surface area (Å²) in [5.41, 5.74) is 2.30. The molecule has 8 nitrogen and oxygen atoms in total. The minimum atomic E-state index is -0.446. The normalized spacial score (nSPS) is 19.0. The second-order valence-electron chi connectivity index (χ2n) is 6.61. The summed E-state index contributed by atoms with van der Waals surface area (Å²) in [6, 6.07) is 7.43. The van der Waals surface area contributed by atoms with Gasteiger partial charge in [0.15, 0.2) is 6.19 Å². The quantitative estimate of drug-likeness (QED) is 0.836. The average Bonchev–Trinajstić information content (AvgIpc) is 3.20. The molecule has 1 amide bonds. The Morgan fingerprint density at radius 2 is 2.12 bits per heavy atom. The lowest BCUT2D eigenvalue weighted by Gasteiger charge is -2.10. The molecule has 0 bridgehead atoms. The molecule has 1 saturated heterocycles. The molecule has 130 valence electrons. The number of rotatable bonds is 4. The molecular weight excluding hydrogens is 332 g/mol.